The average molecular weight is 293 g/mol. The minimum Gasteiger partial charge on any atom is -0.311 e. The fourth-order valence-corrected chi connectivity index (χ4v) is 3.16. The summed E-state index contributed by atoms with van der Waals surface area (Å²) in [6, 6.07) is 1.24. The van der Waals surface area contributed by atoms with E-state index in [1.54, 1.807) is 6.33 Å². The Kier molecular flexibility index (Phi) is 6.18. The van der Waals surface area contributed by atoms with Gasteiger partial charge in [-0.15, -0.1) is 0 Å². The molecular weight excluding hydrogens is 262 g/mol. The zero-order chi connectivity index (χ0) is 15.2. The van der Waals surface area contributed by atoms with Crippen molar-refractivity contribution in [3.63, 3.8) is 0 Å². The van der Waals surface area contributed by atoms with Crippen molar-refractivity contribution in [3.8, 4) is 0 Å². The zero-order valence-electron chi connectivity index (χ0n) is 14.0. The standard InChI is InChI=1S/C16H31N5/c1-5-7-14-10-20(15(6-2)8-17-14)11-16-18-12-19-21(16)9-13(3)4/h12-15,17H,5-11H2,1-4H3. The van der Waals surface area contributed by atoms with Crippen LogP contribution < -0.4 is 5.32 Å². The molecule has 0 radical (unpaired) electrons. The van der Waals surface area contributed by atoms with E-state index in [0.717, 1.165) is 32.0 Å². The van der Waals surface area contributed by atoms with E-state index >= 15 is 0 Å². The van der Waals surface area contributed by atoms with Gasteiger partial charge in [0.2, 0.25) is 0 Å². The lowest BCUT2D eigenvalue weighted by Crippen LogP contribution is -2.55. The van der Waals surface area contributed by atoms with Crippen LogP contribution >= 0.6 is 0 Å². The Morgan fingerprint density at radius 1 is 1.38 bits per heavy atom. The number of piperazine rings is 1. The van der Waals surface area contributed by atoms with Crippen LogP contribution in [0.4, 0.5) is 0 Å². The van der Waals surface area contributed by atoms with Gasteiger partial charge < -0.3 is 5.32 Å². The first-order chi connectivity index (χ1) is 10.1. The molecular formula is C16H31N5. The highest BCUT2D eigenvalue weighted by Gasteiger charge is 2.27. The molecule has 5 nitrogen and oxygen atoms in total. The van der Waals surface area contributed by atoms with Crippen LogP contribution in [0.5, 0.6) is 0 Å². The predicted octanol–water partition coefficient (Wildman–Crippen LogP) is 2.29. The summed E-state index contributed by atoms with van der Waals surface area (Å²) >= 11 is 0. The number of nitrogens with one attached hydrogen (secondary N) is 1. The van der Waals surface area contributed by atoms with E-state index in [9.17, 15) is 0 Å². The van der Waals surface area contributed by atoms with E-state index in [4.69, 9.17) is 0 Å². The van der Waals surface area contributed by atoms with Crippen molar-refractivity contribution in [2.45, 2.75) is 72.1 Å². The monoisotopic (exact) mass is 293 g/mol. The lowest BCUT2D eigenvalue weighted by Gasteiger charge is -2.40. The van der Waals surface area contributed by atoms with Gasteiger partial charge in [-0.3, -0.25) is 4.90 Å². The minimum absolute atomic E-state index is 0.600. The Balaban J connectivity index is 2.02. The second-order valence-corrected chi connectivity index (χ2v) is 6.64. The summed E-state index contributed by atoms with van der Waals surface area (Å²) in [7, 11) is 0. The van der Waals surface area contributed by atoms with E-state index in [1.807, 2.05) is 0 Å². The quantitative estimate of drug-likeness (QED) is 0.838. The van der Waals surface area contributed by atoms with Gasteiger partial charge in [0.1, 0.15) is 12.2 Å². The van der Waals surface area contributed by atoms with Crippen LogP contribution in [0.1, 0.15) is 52.8 Å². The van der Waals surface area contributed by atoms with Crippen molar-refractivity contribution < 1.29 is 0 Å². The first-order valence-corrected chi connectivity index (χ1v) is 8.48. The van der Waals surface area contributed by atoms with Gasteiger partial charge >= 0.3 is 0 Å². The Hall–Kier alpha value is -0.940. The first kappa shape index (κ1) is 16.4. The highest BCUT2D eigenvalue weighted by atomic mass is 15.4. The van der Waals surface area contributed by atoms with Crippen LogP contribution in [0.3, 0.4) is 0 Å². The average Bonchev–Trinajstić information content (AvgIpc) is 2.86. The third-order valence-corrected chi connectivity index (χ3v) is 4.30. The maximum absolute atomic E-state index is 4.49. The van der Waals surface area contributed by atoms with Crippen LogP contribution in [0.15, 0.2) is 6.33 Å². The molecule has 5 heteroatoms. The van der Waals surface area contributed by atoms with Crippen molar-refractivity contribution in [2.24, 2.45) is 5.92 Å². The van der Waals surface area contributed by atoms with Gasteiger partial charge in [-0.1, -0.05) is 34.1 Å². The molecule has 120 valence electrons. The van der Waals surface area contributed by atoms with Gasteiger partial charge in [-0.2, -0.15) is 5.10 Å². The molecule has 0 spiro atoms. The van der Waals surface area contributed by atoms with Gasteiger partial charge in [0.25, 0.3) is 0 Å². The molecule has 1 fully saturated rings. The topological polar surface area (TPSA) is 46.0 Å². The fraction of sp³-hybridized carbons (Fsp3) is 0.875. The smallest absolute Gasteiger partial charge is 0.141 e. The van der Waals surface area contributed by atoms with Crippen LogP contribution in [0.25, 0.3) is 0 Å². The summed E-state index contributed by atoms with van der Waals surface area (Å²) in [4.78, 5) is 7.09. The van der Waals surface area contributed by atoms with E-state index in [2.05, 4.69) is 52.7 Å². The van der Waals surface area contributed by atoms with E-state index in [-0.39, 0.29) is 0 Å². The van der Waals surface area contributed by atoms with Crippen molar-refractivity contribution in [2.75, 3.05) is 13.1 Å². The zero-order valence-corrected chi connectivity index (χ0v) is 14.0. The lowest BCUT2D eigenvalue weighted by molar-refractivity contribution is 0.110. The number of hydrogen-bond donors (Lipinski definition) is 1. The Morgan fingerprint density at radius 3 is 2.86 bits per heavy atom. The second kappa shape index (κ2) is 7.90. The van der Waals surface area contributed by atoms with Crippen molar-refractivity contribution in [1.82, 2.24) is 25.0 Å². The summed E-state index contributed by atoms with van der Waals surface area (Å²) in [5, 5.41) is 8.08. The number of nitrogens with zero attached hydrogens (tertiary/aromatic N) is 4. The molecule has 2 heterocycles. The fourth-order valence-electron chi connectivity index (χ4n) is 3.16. The Morgan fingerprint density at radius 2 is 2.19 bits per heavy atom. The van der Waals surface area contributed by atoms with Gasteiger partial charge in [0, 0.05) is 31.7 Å². The molecule has 0 amide bonds. The summed E-state index contributed by atoms with van der Waals surface area (Å²) < 4.78 is 2.08. The highest BCUT2D eigenvalue weighted by Crippen LogP contribution is 2.16. The van der Waals surface area contributed by atoms with Crippen LogP contribution in [0.2, 0.25) is 0 Å². The van der Waals surface area contributed by atoms with Crippen LogP contribution in [0, 0.1) is 5.92 Å². The van der Waals surface area contributed by atoms with Gasteiger partial charge in [0.15, 0.2) is 0 Å². The Labute approximate surface area is 129 Å². The summed E-state index contributed by atoms with van der Waals surface area (Å²) in [5.41, 5.74) is 0. The molecule has 1 saturated heterocycles. The third kappa shape index (κ3) is 4.51. The van der Waals surface area contributed by atoms with E-state index in [0.29, 0.717) is 18.0 Å². The van der Waals surface area contributed by atoms with Crippen molar-refractivity contribution >= 4 is 0 Å². The molecule has 1 aromatic rings. The lowest BCUT2D eigenvalue weighted by atomic mass is 10.0. The number of aromatic nitrogens is 3. The molecule has 0 bridgehead atoms. The predicted molar refractivity (Wildman–Crippen MR) is 86.0 cm³/mol. The molecule has 1 aliphatic heterocycles. The minimum atomic E-state index is 0.600. The first-order valence-electron chi connectivity index (χ1n) is 8.48. The molecule has 0 aromatic carbocycles. The number of rotatable bonds is 7. The molecule has 1 aliphatic rings. The maximum Gasteiger partial charge on any atom is 0.141 e. The van der Waals surface area contributed by atoms with Crippen LogP contribution in [-0.4, -0.2) is 44.8 Å². The molecule has 1 aromatic heterocycles. The molecule has 2 unspecified atom stereocenters. The van der Waals surface area contributed by atoms with E-state index < -0.39 is 0 Å². The molecule has 2 rings (SSSR count). The largest absolute Gasteiger partial charge is 0.311 e. The van der Waals surface area contributed by atoms with Gasteiger partial charge in [-0.05, 0) is 18.8 Å². The summed E-state index contributed by atoms with van der Waals surface area (Å²) in [6.07, 6.45) is 5.38. The molecule has 0 aliphatic carbocycles. The molecule has 0 saturated carbocycles. The molecule has 21 heavy (non-hydrogen) atoms. The Bertz CT molecular complexity index is 415. The highest BCUT2D eigenvalue weighted by molar-refractivity contribution is 4.91. The SMILES string of the molecule is CCCC1CN(Cc2ncnn2CC(C)C)C(CC)CN1. The summed E-state index contributed by atoms with van der Waals surface area (Å²) in [6.45, 7) is 13.1. The normalized spacial score (nSPS) is 23.9. The maximum atomic E-state index is 4.49. The van der Waals surface area contributed by atoms with Gasteiger partial charge in [0.05, 0.1) is 6.54 Å². The molecule has 1 N–H and O–H groups in total. The van der Waals surface area contributed by atoms with Crippen molar-refractivity contribution in [1.29, 1.82) is 0 Å². The number of hydrogen-bond acceptors (Lipinski definition) is 4. The second-order valence-electron chi connectivity index (χ2n) is 6.64. The third-order valence-electron chi connectivity index (χ3n) is 4.30. The summed E-state index contributed by atoms with van der Waals surface area (Å²) in [5.74, 6) is 1.71. The van der Waals surface area contributed by atoms with Crippen molar-refractivity contribution in [3.05, 3.63) is 12.2 Å². The van der Waals surface area contributed by atoms with Gasteiger partial charge in [-0.25, -0.2) is 9.67 Å². The van der Waals surface area contributed by atoms with Crippen LogP contribution in [-0.2, 0) is 13.1 Å². The van der Waals surface area contributed by atoms with E-state index in [1.165, 1.54) is 19.3 Å². The molecule has 2 atom stereocenters.